The van der Waals surface area contributed by atoms with Gasteiger partial charge in [0.15, 0.2) is 0 Å². The maximum Gasteiger partial charge on any atom is 0.421 e. The van der Waals surface area contributed by atoms with E-state index in [-0.39, 0.29) is 5.82 Å². The van der Waals surface area contributed by atoms with Crippen molar-refractivity contribution in [1.29, 1.82) is 0 Å². The molecular formula is C18H25FN5O2+. The average Bonchev–Trinajstić information content (AvgIpc) is 2.89. The molecule has 0 atom stereocenters. The summed E-state index contributed by atoms with van der Waals surface area (Å²) in [5, 5.41) is 11.1. The molecule has 2 aromatic rings. The molecule has 2 rings (SSSR count). The molecule has 140 valence electrons. The first-order valence-electron chi connectivity index (χ1n) is 8.43. The van der Waals surface area contributed by atoms with Gasteiger partial charge in [-0.05, 0) is 51.5 Å². The number of carbonyl (C=O) groups is 1. The summed E-state index contributed by atoms with van der Waals surface area (Å²) in [4.78, 5) is 11.6. The van der Waals surface area contributed by atoms with Gasteiger partial charge in [-0.25, -0.2) is 18.3 Å². The lowest BCUT2D eigenvalue weighted by atomic mass is 10.2. The number of azo groups is 1. The number of alkyl carbamates (subject to hydrolysis) is 1. The van der Waals surface area contributed by atoms with Crippen molar-refractivity contribution in [2.75, 3.05) is 6.54 Å². The summed E-state index contributed by atoms with van der Waals surface area (Å²) in [7, 11) is 1.87. The number of rotatable bonds is 6. The Labute approximate surface area is 152 Å². The van der Waals surface area contributed by atoms with E-state index in [0.717, 1.165) is 0 Å². The number of ether oxygens (including phenoxy) is 1. The highest BCUT2D eigenvalue weighted by Crippen LogP contribution is 2.16. The van der Waals surface area contributed by atoms with Crippen molar-refractivity contribution in [1.82, 2.24) is 9.88 Å². The first-order chi connectivity index (χ1) is 12.2. The van der Waals surface area contributed by atoms with Crippen LogP contribution in [0.5, 0.6) is 0 Å². The molecule has 0 unspecified atom stereocenters. The van der Waals surface area contributed by atoms with Crippen LogP contribution in [-0.4, -0.2) is 22.8 Å². The van der Waals surface area contributed by atoms with Gasteiger partial charge in [0.2, 0.25) is 0 Å². The van der Waals surface area contributed by atoms with E-state index in [4.69, 9.17) is 4.74 Å². The average molecular weight is 362 g/mol. The van der Waals surface area contributed by atoms with Crippen LogP contribution in [0.25, 0.3) is 0 Å². The fourth-order valence-corrected chi connectivity index (χ4v) is 2.18. The van der Waals surface area contributed by atoms with Gasteiger partial charge in [-0.1, -0.05) is 5.11 Å². The van der Waals surface area contributed by atoms with Gasteiger partial charge >= 0.3 is 12.0 Å². The van der Waals surface area contributed by atoms with E-state index >= 15 is 0 Å². The molecule has 26 heavy (non-hydrogen) atoms. The summed E-state index contributed by atoms with van der Waals surface area (Å²) >= 11 is 0. The summed E-state index contributed by atoms with van der Waals surface area (Å²) in [6, 6.07) is 5.82. The lowest BCUT2D eigenvalue weighted by molar-refractivity contribution is -0.657. The molecule has 1 N–H and O–H groups in total. The Morgan fingerprint density at radius 2 is 1.96 bits per heavy atom. The van der Waals surface area contributed by atoms with Crippen LogP contribution in [0.4, 0.5) is 20.8 Å². The Balaban J connectivity index is 1.89. The second kappa shape index (κ2) is 8.55. The van der Waals surface area contributed by atoms with Crippen LogP contribution in [0.3, 0.4) is 0 Å². The summed E-state index contributed by atoms with van der Waals surface area (Å²) in [5.74, 6) is 0.349. The van der Waals surface area contributed by atoms with Crippen LogP contribution in [0.15, 0.2) is 46.9 Å². The van der Waals surface area contributed by atoms with E-state index in [9.17, 15) is 9.18 Å². The molecule has 0 fully saturated rings. The normalized spacial score (nSPS) is 11.7. The quantitative estimate of drug-likeness (QED) is 0.482. The number of benzene rings is 1. The minimum absolute atomic E-state index is 0.310. The molecule has 0 aliphatic carbocycles. The molecule has 8 heteroatoms. The first kappa shape index (κ1) is 19.6. The molecule has 0 aliphatic heterocycles. The van der Waals surface area contributed by atoms with Crippen LogP contribution in [-0.2, 0) is 18.3 Å². The zero-order valence-corrected chi connectivity index (χ0v) is 15.6. The third kappa shape index (κ3) is 6.27. The number of aryl methyl sites for hydroxylation is 2. The first-order valence-corrected chi connectivity index (χ1v) is 8.43. The molecule has 1 heterocycles. The number of amides is 1. The Hall–Kier alpha value is -2.77. The van der Waals surface area contributed by atoms with Gasteiger partial charge in [0.1, 0.15) is 17.1 Å². The molecule has 0 bridgehead atoms. The zero-order chi connectivity index (χ0) is 19.2. The van der Waals surface area contributed by atoms with Gasteiger partial charge in [-0.3, -0.25) is 0 Å². The second-order valence-corrected chi connectivity index (χ2v) is 6.86. The SMILES string of the molecule is C[n+]1ccn(CCCNC(=O)OC(C)(C)C)c1N=Nc1ccc(F)cc1. The number of carbonyl (C=O) groups excluding carboxylic acids is 1. The lowest BCUT2D eigenvalue weighted by Crippen LogP contribution is -2.33. The van der Waals surface area contributed by atoms with Crippen LogP contribution >= 0.6 is 0 Å². The van der Waals surface area contributed by atoms with Gasteiger partial charge in [0.25, 0.3) is 0 Å². The minimum atomic E-state index is -0.508. The third-order valence-corrected chi connectivity index (χ3v) is 3.37. The Morgan fingerprint density at radius 3 is 2.62 bits per heavy atom. The zero-order valence-electron chi connectivity index (χ0n) is 15.6. The van der Waals surface area contributed by atoms with E-state index in [2.05, 4.69) is 15.5 Å². The standard InChI is InChI=1S/C18H24FN5O2/c1-18(2,3)26-17(25)20-10-5-11-24-13-12-23(4)16(24)22-21-15-8-6-14(19)7-9-15/h6-9,12-13H,5,10-11H2,1-4H3/p+1. The highest BCUT2D eigenvalue weighted by molar-refractivity contribution is 5.67. The van der Waals surface area contributed by atoms with E-state index in [0.29, 0.717) is 31.1 Å². The van der Waals surface area contributed by atoms with Crippen molar-refractivity contribution in [2.24, 2.45) is 17.3 Å². The topological polar surface area (TPSA) is 71.9 Å². The Morgan fingerprint density at radius 1 is 1.27 bits per heavy atom. The van der Waals surface area contributed by atoms with Gasteiger partial charge in [-0.15, -0.1) is 0 Å². The van der Waals surface area contributed by atoms with Gasteiger partial charge in [0, 0.05) is 11.7 Å². The minimum Gasteiger partial charge on any atom is -0.444 e. The maximum atomic E-state index is 12.9. The number of halogens is 1. The number of hydrogen-bond acceptors (Lipinski definition) is 4. The molecule has 7 nitrogen and oxygen atoms in total. The van der Waals surface area contributed by atoms with Gasteiger partial charge in [-0.2, -0.15) is 0 Å². The lowest BCUT2D eigenvalue weighted by Gasteiger charge is -2.19. The largest absolute Gasteiger partial charge is 0.444 e. The number of nitrogens with one attached hydrogen (secondary N) is 1. The highest BCUT2D eigenvalue weighted by Gasteiger charge is 2.16. The van der Waals surface area contributed by atoms with Crippen molar-refractivity contribution in [2.45, 2.75) is 39.3 Å². The summed E-state index contributed by atoms with van der Waals surface area (Å²) in [6.07, 6.45) is 4.06. The van der Waals surface area contributed by atoms with Crippen molar-refractivity contribution in [3.8, 4) is 0 Å². The molecule has 1 aromatic carbocycles. The summed E-state index contributed by atoms with van der Waals surface area (Å²) < 4.78 is 21.9. The molecule has 0 saturated heterocycles. The number of nitrogens with zero attached hydrogens (tertiary/aromatic N) is 4. The highest BCUT2D eigenvalue weighted by atomic mass is 19.1. The Bertz CT molecular complexity index is 763. The number of hydrogen-bond donors (Lipinski definition) is 1. The fraction of sp³-hybridized carbons (Fsp3) is 0.444. The maximum absolute atomic E-state index is 12.9. The van der Waals surface area contributed by atoms with E-state index in [1.54, 1.807) is 12.1 Å². The van der Waals surface area contributed by atoms with Crippen molar-refractivity contribution >= 4 is 17.7 Å². The van der Waals surface area contributed by atoms with Crippen molar-refractivity contribution in [3.63, 3.8) is 0 Å². The number of aromatic nitrogens is 2. The summed E-state index contributed by atoms with van der Waals surface area (Å²) in [5.41, 5.74) is 0.0670. The van der Waals surface area contributed by atoms with Crippen LogP contribution in [0.1, 0.15) is 27.2 Å². The second-order valence-electron chi connectivity index (χ2n) is 6.86. The van der Waals surface area contributed by atoms with Gasteiger partial charge in [0.05, 0.1) is 26.0 Å². The Kier molecular flexibility index (Phi) is 6.43. The third-order valence-electron chi connectivity index (χ3n) is 3.37. The van der Waals surface area contributed by atoms with Crippen LogP contribution < -0.4 is 9.88 Å². The fourth-order valence-electron chi connectivity index (χ4n) is 2.18. The summed E-state index contributed by atoms with van der Waals surface area (Å²) in [6.45, 7) is 6.63. The monoisotopic (exact) mass is 362 g/mol. The molecule has 0 saturated carbocycles. The van der Waals surface area contributed by atoms with Crippen molar-refractivity contribution in [3.05, 3.63) is 42.5 Å². The molecule has 1 aromatic heterocycles. The van der Waals surface area contributed by atoms with E-state index in [1.807, 2.05) is 49.3 Å². The van der Waals surface area contributed by atoms with Crippen LogP contribution in [0.2, 0.25) is 0 Å². The molecule has 0 radical (unpaired) electrons. The molecule has 0 aliphatic rings. The predicted octanol–water partition coefficient (Wildman–Crippen LogP) is 3.78. The van der Waals surface area contributed by atoms with E-state index in [1.165, 1.54) is 12.1 Å². The molecule has 1 amide bonds. The predicted molar refractivity (Wildman–Crippen MR) is 95.0 cm³/mol. The van der Waals surface area contributed by atoms with Crippen LogP contribution in [0, 0.1) is 5.82 Å². The molecule has 0 spiro atoms. The number of imidazole rings is 1. The molecular weight excluding hydrogens is 337 g/mol. The van der Waals surface area contributed by atoms with Gasteiger partial charge < -0.3 is 10.1 Å². The van der Waals surface area contributed by atoms with E-state index < -0.39 is 11.7 Å². The van der Waals surface area contributed by atoms with Crippen molar-refractivity contribution < 1.29 is 18.5 Å². The smallest absolute Gasteiger partial charge is 0.421 e.